The van der Waals surface area contributed by atoms with Crippen molar-refractivity contribution in [2.24, 2.45) is 0 Å². The molecule has 0 aliphatic carbocycles. The lowest BCUT2D eigenvalue weighted by molar-refractivity contribution is 0.0958. The molecule has 1 amide bonds. The fourth-order valence-electron chi connectivity index (χ4n) is 1.84. The highest BCUT2D eigenvalue weighted by Gasteiger charge is 2.13. The number of aromatic nitrogens is 1. The van der Waals surface area contributed by atoms with E-state index in [-0.39, 0.29) is 5.91 Å². The van der Waals surface area contributed by atoms with Gasteiger partial charge < -0.3 is 15.4 Å². The molecule has 0 saturated carbocycles. The topological polar surface area (TPSA) is 63.2 Å². The zero-order valence-electron chi connectivity index (χ0n) is 12.1. The standard InChI is InChI=1S/C16H16BrN3O2/c1-11(17)10-19-16(21)12-6-5-9-18-15(12)20-13-7-3-4-8-14(13)22-2/h3-9H,1,10H2,2H3,(H,18,20)(H,19,21). The van der Waals surface area contributed by atoms with Crippen LogP contribution in [0.15, 0.2) is 53.7 Å². The van der Waals surface area contributed by atoms with Gasteiger partial charge in [0.1, 0.15) is 11.6 Å². The predicted molar refractivity (Wildman–Crippen MR) is 90.9 cm³/mol. The Morgan fingerprint density at radius 3 is 2.82 bits per heavy atom. The number of para-hydroxylation sites is 2. The van der Waals surface area contributed by atoms with Crippen LogP contribution in [-0.2, 0) is 0 Å². The summed E-state index contributed by atoms with van der Waals surface area (Å²) in [6, 6.07) is 10.9. The molecule has 2 rings (SSSR count). The first-order valence-corrected chi connectivity index (χ1v) is 7.37. The number of methoxy groups -OCH3 is 1. The molecule has 0 fully saturated rings. The van der Waals surface area contributed by atoms with Gasteiger partial charge in [-0.3, -0.25) is 4.79 Å². The van der Waals surface area contributed by atoms with E-state index >= 15 is 0 Å². The van der Waals surface area contributed by atoms with Crippen molar-refractivity contribution < 1.29 is 9.53 Å². The molecule has 6 heteroatoms. The number of ether oxygens (including phenoxy) is 1. The maximum atomic E-state index is 12.2. The summed E-state index contributed by atoms with van der Waals surface area (Å²) in [4.78, 5) is 16.5. The Bertz CT molecular complexity index is 689. The number of benzene rings is 1. The highest BCUT2D eigenvalue weighted by molar-refractivity contribution is 9.11. The third kappa shape index (κ3) is 4.08. The minimum absolute atomic E-state index is 0.230. The zero-order valence-corrected chi connectivity index (χ0v) is 13.7. The molecule has 114 valence electrons. The molecule has 2 N–H and O–H groups in total. The Morgan fingerprint density at radius 1 is 1.32 bits per heavy atom. The summed E-state index contributed by atoms with van der Waals surface area (Å²) in [6.45, 7) is 4.04. The molecule has 0 spiro atoms. The van der Waals surface area contributed by atoms with Gasteiger partial charge in [0.05, 0.1) is 18.4 Å². The van der Waals surface area contributed by atoms with Gasteiger partial charge in [0.15, 0.2) is 0 Å². The minimum Gasteiger partial charge on any atom is -0.495 e. The molecule has 0 atom stereocenters. The molecule has 0 aliphatic rings. The van der Waals surface area contributed by atoms with Crippen LogP contribution in [0, 0.1) is 0 Å². The summed E-state index contributed by atoms with van der Waals surface area (Å²) in [7, 11) is 1.59. The molecular weight excluding hydrogens is 346 g/mol. The van der Waals surface area contributed by atoms with Crippen LogP contribution < -0.4 is 15.4 Å². The number of anilines is 2. The number of carbonyl (C=O) groups excluding carboxylic acids is 1. The van der Waals surface area contributed by atoms with Gasteiger partial charge in [0.25, 0.3) is 5.91 Å². The Hall–Kier alpha value is -2.34. The molecule has 0 radical (unpaired) electrons. The van der Waals surface area contributed by atoms with E-state index in [0.717, 1.165) is 5.69 Å². The lowest BCUT2D eigenvalue weighted by Crippen LogP contribution is -2.25. The highest BCUT2D eigenvalue weighted by atomic mass is 79.9. The normalized spacial score (nSPS) is 9.91. The predicted octanol–water partition coefficient (Wildman–Crippen LogP) is 3.47. The number of hydrogen-bond donors (Lipinski definition) is 2. The molecule has 1 aromatic carbocycles. The first-order chi connectivity index (χ1) is 10.6. The van der Waals surface area contributed by atoms with Gasteiger partial charge in [0.2, 0.25) is 0 Å². The molecule has 1 heterocycles. The zero-order chi connectivity index (χ0) is 15.9. The van der Waals surface area contributed by atoms with E-state index in [0.29, 0.717) is 28.2 Å². The first-order valence-electron chi connectivity index (χ1n) is 6.58. The van der Waals surface area contributed by atoms with E-state index in [9.17, 15) is 4.79 Å². The fourth-order valence-corrected chi connectivity index (χ4v) is 1.98. The molecule has 0 saturated heterocycles. The number of hydrogen-bond acceptors (Lipinski definition) is 4. The molecule has 5 nitrogen and oxygen atoms in total. The Morgan fingerprint density at radius 2 is 2.09 bits per heavy atom. The van der Waals surface area contributed by atoms with Crippen LogP contribution in [0.4, 0.5) is 11.5 Å². The van der Waals surface area contributed by atoms with Gasteiger partial charge in [-0.05, 0) is 24.3 Å². The number of nitrogens with one attached hydrogen (secondary N) is 2. The van der Waals surface area contributed by atoms with Crippen molar-refractivity contribution in [3.8, 4) is 5.75 Å². The fraction of sp³-hybridized carbons (Fsp3) is 0.125. The van der Waals surface area contributed by atoms with E-state index in [1.807, 2.05) is 24.3 Å². The lowest BCUT2D eigenvalue weighted by atomic mass is 10.2. The van der Waals surface area contributed by atoms with Crippen LogP contribution in [0.3, 0.4) is 0 Å². The Labute approximate surface area is 137 Å². The third-order valence-electron chi connectivity index (χ3n) is 2.85. The maximum absolute atomic E-state index is 12.2. The second-order valence-corrected chi connectivity index (χ2v) is 5.55. The smallest absolute Gasteiger partial charge is 0.255 e. The quantitative estimate of drug-likeness (QED) is 0.826. The number of halogens is 1. The maximum Gasteiger partial charge on any atom is 0.255 e. The van der Waals surface area contributed by atoms with Gasteiger partial charge in [-0.25, -0.2) is 4.98 Å². The van der Waals surface area contributed by atoms with Crippen LogP contribution in [0.25, 0.3) is 0 Å². The summed E-state index contributed by atoms with van der Waals surface area (Å²) in [5.41, 5.74) is 1.19. The molecular formula is C16H16BrN3O2. The monoisotopic (exact) mass is 361 g/mol. The van der Waals surface area contributed by atoms with Gasteiger partial charge in [-0.1, -0.05) is 34.6 Å². The van der Waals surface area contributed by atoms with Crippen LogP contribution in [0.2, 0.25) is 0 Å². The molecule has 0 bridgehead atoms. The van der Waals surface area contributed by atoms with Gasteiger partial charge in [0, 0.05) is 17.2 Å². The average Bonchev–Trinajstić information content (AvgIpc) is 2.53. The van der Waals surface area contributed by atoms with Crippen molar-refractivity contribution in [2.75, 3.05) is 19.0 Å². The SMILES string of the molecule is C=C(Br)CNC(=O)c1cccnc1Nc1ccccc1OC. The van der Waals surface area contributed by atoms with Crippen LogP contribution in [0.1, 0.15) is 10.4 Å². The van der Waals surface area contributed by atoms with E-state index in [2.05, 4.69) is 38.1 Å². The lowest BCUT2D eigenvalue weighted by Gasteiger charge is -2.13. The number of rotatable bonds is 6. The largest absolute Gasteiger partial charge is 0.495 e. The molecule has 22 heavy (non-hydrogen) atoms. The van der Waals surface area contributed by atoms with Crippen molar-refractivity contribution in [3.63, 3.8) is 0 Å². The second kappa shape index (κ2) is 7.61. The number of nitrogens with zero attached hydrogens (tertiary/aromatic N) is 1. The van der Waals surface area contributed by atoms with E-state index < -0.39 is 0 Å². The van der Waals surface area contributed by atoms with Gasteiger partial charge in [-0.15, -0.1) is 0 Å². The van der Waals surface area contributed by atoms with Crippen molar-refractivity contribution >= 4 is 33.3 Å². The number of amides is 1. The van der Waals surface area contributed by atoms with Crippen LogP contribution in [-0.4, -0.2) is 24.5 Å². The molecule has 0 aliphatic heterocycles. The van der Waals surface area contributed by atoms with Crippen LogP contribution >= 0.6 is 15.9 Å². The molecule has 2 aromatic rings. The molecule has 0 unspecified atom stereocenters. The third-order valence-corrected chi connectivity index (χ3v) is 3.13. The van der Waals surface area contributed by atoms with Crippen molar-refractivity contribution in [1.82, 2.24) is 10.3 Å². The Kier molecular flexibility index (Phi) is 5.55. The summed E-state index contributed by atoms with van der Waals surface area (Å²) >= 11 is 3.21. The summed E-state index contributed by atoms with van der Waals surface area (Å²) < 4.78 is 5.99. The molecule has 1 aromatic heterocycles. The minimum atomic E-state index is -0.230. The van der Waals surface area contributed by atoms with Crippen molar-refractivity contribution in [3.05, 3.63) is 59.2 Å². The van der Waals surface area contributed by atoms with Crippen molar-refractivity contribution in [1.29, 1.82) is 0 Å². The number of carbonyl (C=O) groups is 1. The average molecular weight is 362 g/mol. The van der Waals surface area contributed by atoms with Gasteiger partial charge >= 0.3 is 0 Å². The van der Waals surface area contributed by atoms with Gasteiger partial charge in [-0.2, -0.15) is 0 Å². The van der Waals surface area contributed by atoms with Crippen molar-refractivity contribution in [2.45, 2.75) is 0 Å². The summed E-state index contributed by atoms with van der Waals surface area (Å²) in [5, 5.41) is 5.89. The second-order valence-electron chi connectivity index (χ2n) is 4.42. The summed E-state index contributed by atoms with van der Waals surface area (Å²) in [6.07, 6.45) is 1.62. The van der Waals surface area contributed by atoms with E-state index in [1.165, 1.54) is 0 Å². The van der Waals surface area contributed by atoms with E-state index in [1.54, 1.807) is 25.4 Å². The number of pyridine rings is 1. The summed E-state index contributed by atoms with van der Waals surface area (Å²) in [5.74, 6) is 0.907. The highest BCUT2D eigenvalue weighted by Crippen LogP contribution is 2.27. The first kappa shape index (κ1) is 16.0. The van der Waals surface area contributed by atoms with Crippen LogP contribution in [0.5, 0.6) is 5.75 Å². The van der Waals surface area contributed by atoms with E-state index in [4.69, 9.17) is 4.74 Å². The Balaban J connectivity index is 2.25.